The molecule has 2 unspecified atom stereocenters. The van der Waals surface area contributed by atoms with Gasteiger partial charge in [-0.25, -0.2) is 4.39 Å². The van der Waals surface area contributed by atoms with E-state index in [1.54, 1.807) is 23.1 Å². The highest BCUT2D eigenvalue weighted by molar-refractivity contribution is 6.27. The van der Waals surface area contributed by atoms with Crippen LogP contribution in [0.25, 0.3) is 10.8 Å². The molecule has 2 heterocycles. The van der Waals surface area contributed by atoms with E-state index in [9.17, 15) is 19.1 Å². The maximum Gasteiger partial charge on any atom is 0.259 e. The number of benzene rings is 3. The Balaban J connectivity index is 1.48. The van der Waals surface area contributed by atoms with Gasteiger partial charge in [0.25, 0.3) is 5.91 Å². The van der Waals surface area contributed by atoms with Gasteiger partial charge in [0, 0.05) is 28.6 Å². The van der Waals surface area contributed by atoms with E-state index >= 15 is 0 Å². The van der Waals surface area contributed by atoms with Crippen molar-refractivity contribution in [3.8, 4) is 0 Å². The van der Waals surface area contributed by atoms with Gasteiger partial charge in [0.15, 0.2) is 0 Å². The van der Waals surface area contributed by atoms with Crippen LogP contribution in [-0.2, 0) is 16.9 Å². The molecule has 0 spiro atoms. The summed E-state index contributed by atoms with van der Waals surface area (Å²) in [4.78, 5) is 27.4. The summed E-state index contributed by atoms with van der Waals surface area (Å²) < 4.78 is 14.4. The molecule has 2 atom stereocenters. The number of halogens is 1. The molecule has 0 saturated carbocycles. The van der Waals surface area contributed by atoms with Crippen molar-refractivity contribution in [3.63, 3.8) is 0 Å². The number of aliphatic hydroxyl groups excluding tert-OH is 1. The monoisotopic (exact) mass is 447 g/mol. The number of nitrogens with one attached hydrogen (secondary N) is 2. The molecule has 6 nitrogen and oxygen atoms in total. The van der Waals surface area contributed by atoms with Gasteiger partial charge in [-0.3, -0.25) is 14.5 Å². The standard InChI is InChI=1S/C26H26FN3O3/c1-26(2,18-7-3-4-8-19(18)27)28-14-15-10-11-17-23-16(15)6-5-9-20(23)30(25(17)33)21-12-13-22(31)29-24(21)32/h3-11,21-22,28,31H,12-14H2,1-2H3,(H,29,32). The van der Waals surface area contributed by atoms with E-state index in [4.69, 9.17) is 0 Å². The molecule has 170 valence electrons. The molecule has 1 fully saturated rings. The second-order valence-corrected chi connectivity index (χ2v) is 9.22. The van der Waals surface area contributed by atoms with E-state index in [1.165, 1.54) is 6.07 Å². The van der Waals surface area contributed by atoms with Crippen LogP contribution >= 0.6 is 0 Å². The number of carbonyl (C=O) groups excluding carboxylic acids is 2. The first-order valence-electron chi connectivity index (χ1n) is 11.1. The highest BCUT2D eigenvalue weighted by Gasteiger charge is 2.40. The molecule has 1 saturated heterocycles. The summed E-state index contributed by atoms with van der Waals surface area (Å²) in [5, 5.41) is 17.5. The minimum atomic E-state index is -0.875. The van der Waals surface area contributed by atoms with Crippen LogP contribution in [0, 0.1) is 5.82 Å². The quantitative estimate of drug-likeness (QED) is 0.559. The molecule has 2 aliphatic rings. The zero-order valence-electron chi connectivity index (χ0n) is 18.6. The van der Waals surface area contributed by atoms with Gasteiger partial charge in [0.2, 0.25) is 5.91 Å². The van der Waals surface area contributed by atoms with Crippen molar-refractivity contribution in [2.45, 2.75) is 51.0 Å². The van der Waals surface area contributed by atoms with Crippen LogP contribution in [0.4, 0.5) is 10.1 Å². The lowest BCUT2D eigenvalue weighted by Crippen LogP contribution is -2.55. The molecule has 3 aromatic rings. The number of aliphatic hydroxyl groups is 1. The Hall–Kier alpha value is -3.29. The average molecular weight is 448 g/mol. The zero-order chi connectivity index (χ0) is 23.3. The molecular formula is C26H26FN3O3. The summed E-state index contributed by atoms with van der Waals surface area (Å²) in [6, 6.07) is 15.5. The summed E-state index contributed by atoms with van der Waals surface area (Å²) in [6.07, 6.45) is -0.0821. The Kier molecular flexibility index (Phi) is 5.18. The fourth-order valence-electron chi connectivity index (χ4n) is 4.93. The minimum absolute atomic E-state index is 0.205. The van der Waals surface area contributed by atoms with E-state index in [-0.39, 0.29) is 17.6 Å². The van der Waals surface area contributed by atoms with Crippen LogP contribution in [0.15, 0.2) is 54.6 Å². The Morgan fingerprint density at radius 1 is 1.09 bits per heavy atom. The topological polar surface area (TPSA) is 81.7 Å². The smallest absolute Gasteiger partial charge is 0.259 e. The zero-order valence-corrected chi connectivity index (χ0v) is 18.6. The molecule has 5 rings (SSSR count). The third-order valence-corrected chi connectivity index (χ3v) is 6.72. The van der Waals surface area contributed by atoms with Crippen molar-refractivity contribution in [2.24, 2.45) is 0 Å². The lowest BCUT2D eigenvalue weighted by atomic mass is 9.92. The van der Waals surface area contributed by atoms with Crippen LogP contribution in [0.5, 0.6) is 0 Å². The van der Waals surface area contributed by atoms with Crippen molar-refractivity contribution in [2.75, 3.05) is 4.90 Å². The number of nitrogens with zero attached hydrogens (tertiary/aromatic N) is 1. The van der Waals surface area contributed by atoms with Crippen molar-refractivity contribution < 1.29 is 19.1 Å². The van der Waals surface area contributed by atoms with Crippen LogP contribution in [-0.4, -0.2) is 29.2 Å². The summed E-state index contributed by atoms with van der Waals surface area (Å²) in [7, 11) is 0. The van der Waals surface area contributed by atoms with Crippen LogP contribution in [0.3, 0.4) is 0 Å². The maximum atomic E-state index is 14.4. The number of piperidine rings is 1. The molecule has 0 radical (unpaired) electrons. The molecule has 0 aromatic heterocycles. The number of hydrogen-bond acceptors (Lipinski definition) is 4. The third-order valence-electron chi connectivity index (χ3n) is 6.72. The predicted molar refractivity (Wildman–Crippen MR) is 124 cm³/mol. The number of rotatable bonds is 5. The molecule has 33 heavy (non-hydrogen) atoms. The third kappa shape index (κ3) is 3.57. The summed E-state index contributed by atoms with van der Waals surface area (Å²) >= 11 is 0. The van der Waals surface area contributed by atoms with Gasteiger partial charge in [-0.1, -0.05) is 36.4 Å². The first-order chi connectivity index (χ1) is 15.8. The number of anilines is 1. The molecule has 3 N–H and O–H groups in total. The Bertz CT molecular complexity index is 1270. The first kappa shape index (κ1) is 21.6. The molecule has 3 aromatic carbocycles. The molecule has 0 aliphatic carbocycles. The highest BCUT2D eigenvalue weighted by atomic mass is 19.1. The largest absolute Gasteiger partial charge is 0.374 e. The Morgan fingerprint density at radius 3 is 2.64 bits per heavy atom. The molecule has 0 bridgehead atoms. The first-order valence-corrected chi connectivity index (χ1v) is 11.1. The van der Waals surface area contributed by atoms with Gasteiger partial charge in [-0.15, -0.1) is 0 Å². The maximum absolute atomic E-state index is 14.4. The molecule has 7 heteroatoms. The average Bonchev–Trinajstić information content (AvgIpc) is 3.07. The predicted octanol–water partition coefficient (Wildman–Crippen LogP) is 3.56. The minimum Gasteiger partial charge on any atom is -0.374 e. The number of carbonyl (C=O) groups is 2. The van der Waals surface area contributed by atoms with E-state index in [2.05, 4.69) is 10.6 Å². The Labute approximate surface area is 191 Å². The number of hydrogen-bond donors (Lipinski definition) is 3. The van der Waals surface area contributed by atoms with Gasteiger partial charge < -0.3 is 15.7 Å². The second kappa shape index (κ2) is 7.93. The van der Waals surface area contributed by atoms with E-state index in [0.29, 0.717) is 36.2 Å². The van der Waals surface area contributed by atoms with Crippen molar-refractivity contribution >= 4 is 28.3 Å². The van der Waals surface area contributed by atoms with Gasteiger partial charge in [0.1, 0.15) is 18.1 Å². The number of amides is 2. The fourth-order valence-corrected chi connectivity index (χ4v) is 4.93. The Morgan fingerprint density at radius 2 is 1.88 bits per heavy atom. The van der Waals surface area contributed by atoms with Gasteiger partial charge >= 0.3 is 0 Å². The summed E-state index contributed by atoms with van der Waals surface area (Å²) in [5.74, 6) is -0.808. The lowest BCUT2D eigenvalue weighted by Gasteiger charge is -2.33. The van der Waals surface area contributed by atoms with E-state index < -0.39 is 17.8 Å². The second-order valence-electron chi connectivity index (χ2n) is 9.22. The van der Waals surface area contributed by atoms with Crippen molar-refractivity contribution in [1.82, 2.24) is 10.6 Å². The van der Waals surface area contributed by atoms with E-state index in [1.807, 2.05) is 44.2 Å². The van der Waals surface area contributed by atoms with Gasteiger partial charge in [-0.05, 0) is 55.8 Å². The van der Waals surface area contributed by atoms with Gasteiger partial charge in [0.05, 0.1) is 5.69 Å². The molecule has 2 aliphatic heterocycles. The highest BCUT2D eigenvalue weighted by Crippen LogP contribution is 2.41. The van der Waals surface area contributed by atoms with Crippen LogP contribution in [0.1, 0.15) is 48.2 Å². The van der Waals surface area contributed by atoms with Gasteiger partial charge in [-0.2, -0.15) is 0 Å². The van der Waals surface area contributed by atoms with Crippen LogP contribution in [0.2, 0.25) is 0 Å². The molecule has 2 amide bonds. The SMILES string of the molecule is CC(C)(NCc1ccc2c3c(cccc13)N(C1CCC(O)NC1=O)C2=O)c1ccccc1F. The van der Waals surface area contributed by atoms with Crippen LogP contribution < -0.4 is 15.5 Å². The van der Waals surface area contributed by atoms with E-state index in [0.717, 1.165) is 16.3 Å². The van der Waals surface area contributed by atoms with Crippen molar-refractivity contribution in [3.05, 3.63) is 77.1 Å². The van der Waals surface area contributed by atoms with Crippen molar-refractivity contribution in [1.29, 1.82) is 0 Å². The lowest BCUT2D eigenvalue weighted by molar-refractivity contribution is -0.128. The summed E-state index contributed by atoms with van der Waals surface area (Å²) in [5.41, 5.74) is 2.24. The fraction of sp³-hybridized carbons (Fsp3) is 0.308. The summed E-state index contributed by atoms with van der Waals surface area (Å²) in [6.45, 7) is 4.35. The normalized spacial score (nSPS) is 20.4. The molecular weight excluding hydrogens is 421 g/mol.